The molecule has 3 rings (SSSR count). The van der Waals surface area contributed by atoms with Crippen molar-refractivity contribution in [3.63, 3.8) is 0 Å². The van der Waals surface area contributed by atoms with Crippen LogP contribution in [0.15, 0.2) is 24.3 Å². The number of rotatable bonds is 8. The lowest BCUT2D eigenvalue weighted by molar-refractivity contribution is -0.135. The molecule has 1 aliphatic heterocycles. The van der Waals surface area contributed by atoms with E-state index < -0.39 is 0 Å². The zero-order valence-corrected chi connectivity index (χ0v) is 15.7. The molecule has 1 aliphatic carbocycles. The van der Waals surface area contributed by atoms with Crippen molar-refractivity contribution in [1.29, 1.82) is 0 Å². The second-order valence-electron chi connectivity index (χ2n) is 7.41. The van der Waals surface area contributed by atoms with Gasteiger partial charge >= 0.3 is 0 Å². The van der Waals surface area contributed by atoms with Gasteiger partial charge in [-0.05, 0) is 56.4 Å². The lowest BCUT2D eigenvalue weighted by Crippen LogP contribution is -2.57. The molecule has 2 aliphatic rings. The van der Waals surface area contributed by atoms with Crippen LogP contribution in [0.1, 0.15) is 32.1 Å². The van der Waals surface area contributed by atoms with Gasteiger partial charge in [-0.25, -0.2) is 4.39 Å². The number of carbonyl (C=O) groups excluding carboxylic acids is 2. The van der Waals surface area contributed by atoms with Crippen molar-refractivity contribution in [3.05, 3.63) is 30.1 Å². The summed E-state index contributed by atoms with van der Waals surface area (Å²) in [7, 11) is 1.65. The van der Waals surface area contributed by atoms with Crippen LogP contribution in [0, 0.1) is 11.7 Å². The summed E-state index contributed by atoms with van der Waals surface area (Å²) in [4.78, 5) is 26.4. The Balaban J connectivity index is 1.50. The van der Waals surface area contributed by atoms with Crippen molar-refractivity contribution in [1.82, 2.24) is 10.2 Å². The molecule has 0 unspecified atom stereocenters. The van der Waals surface area contributed by atoms with Crippen LogP contribution < -0.4 is 10.1 Å². The highest BCUT2D eigenvalue weighted by Crippen LogP contribution is 2.32. The monoisotopic (exact) mass is 378 g/mol. The average molecular weight is 378 g/mol. The van der Waals surface area contributed by atoms with Crippen LogP contribution in [0.4, 0.5) is 4.39 Å². The van der Waals surface area contributed by atoms with E-state index in [2.05, 4.69) is 5.32 Å². The molecule has 0 atom stereocenters. The third-order valence-corrected chi connectivity index (χ3v) is 5.37. The van der Waals surface area contributed by atoms with Gasteiger partial charge in [0.05, 0.1) is 0 Å². The first-order valence-corrected chi connectivity index (χ1v) is 9.48. The zero-order chi connectivity index (χ0) is 19.3. The Morgan fingerprint density at radius 1 is 1.22 bits per heavy atom. The Hall–Kier alpha value is -2.15. The van der Waals surface area contributed by atoms with E-state index in [-0.39, 0.29) is 35.7 Å². The van der Waals surface area contributed by atoms with Crippen molar-refractivity contribution in [2.24, 2.45) is 5.92 Å². The first-order valence-electron chi connectivity index (χ1n) is 9.48. The second-order valence-corrected chi connectivity index (χ2v) is 7.41. The largest absolute Gasteiger partial charge is 0.484 e. The molecule has 2 amide bonds. The molecule has 0 radical (unpaired) electrons. The van der Waals surface area contributed by atoms with Crippen molar-refractivity contribution < 1.29 is 23.5 Å². The molecule has 1 saturated heterocycles. The number of likely N-dealkylation sites (tertiary alicyclic amines) is 1. The number of carbonyl (C=O) groups is 2. The molecule has 0 bridgehead atoms. The van der Waals surface area contributed by atoms with Gasteiger partial charge in [0.25, 0.3) is 5.91 Å². The molecule has 6 nitrogen and oxygen atoms in total. The minimum absolute atomic E-state index is 0.0782. The molecule has 1 aromatic carbocycles. The van der Waals surface area contributed by atoms with Crippen molar-refractivity contribution in [2.45, 2.75) is 37.6 Å². The first-order chi connectivity index (χ1) is 13.0. The smallest absolute Gasteiger partial charge is 0.260 e. The van der Waals surface area contributed by atoms with E-state index in [1.807, 2.05) is 0 Å². The van der Waals surface area contributed by atoms with Crippen LogP contribution in [0.2, 0.25) is 0 Å². The number of benzene rings is 1. The van der Waals surface area contributed by atoms with Gasteiger partial charge in [0, 0.05) is 38.3 Å². The van der Waals surface area contributed by atoms with Gasteiger partial charge < -0.3 is 19.7 Å². The fraction of sp³-hybridized carbons (Fsp3) is 0.600. The van der Waals surface area contributed by atoms with E-state index in [1.165, 1.54) is 24.3 Å². The Morgan fingerprint density at radius 2 is 1.89 bits per heavy atom. The summed E-state index contributed by atoms with van der Waals surface area (Å²) in [6, 6.07) is 5.60. The summed E-state index contributed by atoms with van der Waals surface area (Å²) in [5.41, 5.74) is -0.301. The molecule has 0 spiro atoms. The SMILES string of the molecule is COCCC1(NC(=O)C2CC2)CCN(C(=O)COc2ccc(F)cc2)CC1. The van der Waals surface area contributed by atoms with Gasteiger partial charge in [-0.2, -0.15) is 0 Å². The summed E-state index contributed by atoms with van der Waals surface area (Å²) in [6.45, 7) is 1.64. The highest BCUT2D eigenvalue weighted by molar-refractivity contribution is 5.82. The van der Waals surface area contributed by atoms with E-state index >= 15 is 0 Å². The Kier molecular flexibility index (Phi) is 6.31. The minimum Gasteiger partial charge on any atom is -0.484 e. The molecule has 7 heteroatoms. The number of halogens is 1. The molecule has 148 valence electrons. The molecule has 1 saturated carbocycles. The highest BCUT2D eigenvalue weighted by Gasteiger charge is 2.40. The summed E-state index contributed by atoms with van der Waals surface area (Å²) in [6.07, 6.45) is 4.10. The molecule has 1 aromatic rings. The molecule has 0 aromatic heterocycles. The molecule has 1 heterocycles. The number of piperidine rings is 1. The first kappa shape index (κ1) is 19.6. The Labute approximate surface area is 159 Å². The van der Waals surface area contributed by atoms with Gasteiger partial charge in [0.15, 0.2) is 6.61 Å². The topological polar surface area (TPSA) is 67.9 Å². The second kappa shape index (κ2) is 8.69. The molecular weight excluding hydrogens is 351 g/mol. The lowest BCUT2D eigenvalue weighted by Gasteiger charge is -2.42. The summed E-state index contributed by atoms with van der Waals surface area (Å²) >= 11 is 0. The predicted molar refractivity (Wildman–Crippen MR) is 97.8 cm³/mol. The Morgan fingerprint density at radius 3 is 2.48 bits per heavy atom. The number of ether oxygens (including phenoxy) is 2. The van der Waals surface area contributed by atoms with Crippen molar-refractivity contribution >= 4 is 11.8 Å². The van der Waals surface area contributed by atoms with Gasteiger partial charge in [-0.15, -0.1) is 0 Å². The van der Waals surface area contributed by atoms with Crippen LogP contribution in [0.3, 0.4) is 0 Å². The number of hydrogen-bond donors (Lipinski definition) is 1. The van der Waals surface area contributed by atoms with Crippen molar-refractivity contribution in [3.8, 4) is 5.75 Å². The summed E-state index contributed by atoms with van der Waals surface area (Å²) in [5.74, 6) is 0.310. The van der Waals surface area contributed by atoms with Gasteiger partial charge in [0.2, 0.25) is 5.91 Å². The maximum absolute atomic E-state index is 12.9. The van der Waals surface area contributed by atoms with Crippen LogP contribution in [-0.2, 0) is 14.3 Å². The minimum atomic E-state index is -0.342. The van der Waals surface area contributed by atoms with Gasteiger partial charge in [-0.3, -0.25) is 9.59 Å². The fourth-order valence-corrected chi connectivity index (χ4v) is 3.40. The third-order valence-electron chi connectivity index (χ3n) is 5.37. The number of methoxy groups -OCH3 is 1. The average Bonchev–Trinajstić information content (AvgIpc) is 3.52. The quantitative estimate of drug-likeness (QED) is 0.753. The number of amides is 2. The molecule has 27 heavy (non-hydrogen) atoms. The van der Waals surface area contributed by atoms with Gasteiger partial charge in [-0.1, -0.05) is 0 Å². The highest BCUT2D eigenvalue weighted by atomic mass is 19.1. The normalized spacial score (nSPS) is 18.8. The maximum atomic E-state index is 12.9. The standard InChI is InChI=1S/C20H27FN2O4/c1-26-13-10-20(22-19(25)15-2-3-15)8-11-23(12-9-20)18(24)14-27-17-6-4-16(21)5-7-17/h4-7,15H,2-3,8-14H2,1H3,(H,22,25). The van der Waals surface area contributed by atoms with Crippen LogP contribution in [0.25, 0.3) is 0 Å². The Bertz CT molecular complexity index is 652. The number of nitrogens with one attached hydrogen (secondary N) is 1. The number of nitrogens with zero attached hydrogens (tertiary/aromatic N) is 1. The van der Waals surface area contributed by atoms with Crippen LogP contribution in [0.5, 0.6) is 5.75 Å². The van der Waals surface area contributed by atoms with E-state index in [0.717, 1.165) is 19.3 Å². The van der Waals surface area contributed by atoms with Gasteiger partial charge in [0.1, 0.15) is 11.6 Å². The molecule has 2 fully saturated rings. The third kappa shape index (κ3) is 5.42. The van der Waals surface area contributed by atoms with Crippen LogP contribution in [-0.4, -0.2) is 55.7 Å². The maximum Gasteiger partial charge on any atom is 0.260 e. The molecular formula is C20H27FN2O4. The zero-order valence-electron chi connectivity index (χ0n) is 15.7. The van der Waals surface area contributed by atoms with E-state index in [1.54, 1.807) is 12.0 Å². The summed E-state index contributed by atoms with van der Waals surface area (Å²) in [5, 5.41) is 3.23. The molecule has 1 N–H and O–H groups in total. The van der Waals surface area contributed by atoms with E-state index in [4.69, 9.17) is 9.47 Å². The number of hydrogen-bond acceptors (Lipinski definition) is 4. The van der Waals surface area contributed by atoms with Crippen molar-refractivity contribution in [2.75, 3.05) is 33.4 Å². The predicted octanol–water partition coefficient (Wildman–Crippen LogP) is 2.13. The fourth-order valence-electron chi connectivity index (χ4n) is 3.40. The van der Waals surface area contributed by atoms with Crippen LogP contribution >= 0.6 is 0 Å². The summed E-state index contributed by atoms with van der Waals surface area (Å²) < 4.78 is 23.6. The lowest BCUT2D eigenvalue weighted by atomic mass is 9.84. The van der Waals surface area contributed by atoms with E-state index in [9.17, 15) is 14.0 Å². The van der Waals surface area contributed by atoms with E-state index in [0.29, 0.717) is 38.3 Å².